The summed E-state index contributed by atoms with van der Waals surface area (Å²) in [4.78, 5) is 21.9. The first-order valence-corrected chi connectivity index (χ1v) is 11.2. The molecule has 1 amide bonds. The summed E-state index contributed by atoms with van der Waals surface area (Å²) >= 11 is 1.51. The second kappa shape index (κ2) is 8.84. The van der Waals surface area contributed by atoms with E-state index in [1.165, 1.54) is 23.5 Å². The number of fused-ring (bicyclic) bond motifs is 1. The van der Waals surface area contributed by atoms with Gasteiger partial charge in [-0.15, -0.1) is 11.3 Å². The summed E-state index contributed by atoms with van der Waals surface area (Å²) in [6.45, 7) is 2.35. The third-order valence-corrected chi connectivity index (χ3v) is 5.75. The number of ether oxygens (including phenoxy) is 1. The highest BCUT2D eigenvalue weighted by atomic mass is 32.1. The van der Waals surface area contributed by atoms with Gasteiger partial charge in [0, 0.05) is 22.7 Å². The summed E-state index contributed by atoms with van der Waals surface area (Å²) in [7, 11) is 0. The Morgan fingerprint density at radius 3 is 2.64 bits per heavy atom. The number of aryl methyl sites for hydroxylation is 1. The van der Waals surface area contributed by atoms with E-state index in [1.54, 1.807) is 41.9 Å². The number of hydrogen-bond donors (Lipinski definition) is 1. The molecule has 0 unspecified atom stereocenters. The van der Waals surface area contributed by atoms with Crippen molar-refractivity contribution in [2.75, 3.05) is 5.32 Å². The fourth-order valence-corrected chi connectivity index (χ4v) is 3.97. The molecular weight excluding hydrogens is 439 g/mol. The number of pyridine rings is 1. The quantitative estimate of drug-likeness (QED) is 0.353. The van der Waals surface area contributed by atoms with Gasteiger partial charge in [-0.25, -0.2) is 14.4 Å². The van der Waals surface area contributed by atoms with E-state index in [9.17, 15) is 9.18 Å². The molecule has 3 aromatic heterocycles. The summed E-state index contributed by atoms with van der Waals surface area (Å²) < 4.78 is 21.0. The summed E-state index contributed by atoms with van der Waals surface area (Å²) in [6, 6.07) is 16.8. The predicted molar refractivity (Wildman–Crippen MR) is 126 cm³/mol. The fraction of sp³-hybridized carbons (Fsp3) is 0.0800. The number of hydrogen-bond acceptors (Lipinski definition) is 5. The minimum atomic E-state index is -0.332. The van der Waals surface area contributed by atoms with Gasteiger partial charge in [0.1, 0.15) is 35.3 Å². The smallest absolute Gasteiger partial charge is 0.256 e. The molecule has 3 heterocycles. The van der Waals surface area contributed by atoms with Gasteiger partial charge in [-0.1, -0.05) is 0 Å². The average Bonchev–Trinajstić information content (AvgIpc) is 3.46. The topological polar surface area (TPSA) is 68.5 Å². The first kappa shape index (κ1) is 20.8. The van der Waals surface area contributed by atoms with Crippen LogP contribution in [0.25, 0.3) is 16.9 Å². The van der Waals surface area contributed by atoms with Crippen molar-refractivity contribution in [1.29, 1.82) is 0 Å². The third-order valence-electron chi connectivity index (χ3n) is 5.12. The molecule has 0 aliphatic carbocycles. The summed E-state index contributed by atoms with van der Waals surface area (Å²) in [5.74, 6) is 0.551. The van der Waals surface area contributed by atoms with Crippen molar-refractivity contribution < 1.29 is 13.9 Å². The van der Waals surface area contributed by atoms with Crippen molar-refractivity contribution in [3.63, 3.8) is 0 Å². The van der Waals surface area contributed by atoms with Crippen LogP contribution in [0, 0.1) is 12.7 Å². The molecule has 0 fully saturated rings. The Kier molecular flexibility index (Phi) is 5.58. The number of halogens is 1. The molecule has 5 aromatic rings. The molecule has 0 atom stereocenters. The van der Waals surface area contributed by atoms with Gasteiger partial charge in [-0.3, -0.25) is 9.20 Å². The van der Waals surface area contributed by atoms with Crippen molar-refractivity contribution in [1.82, 2.24) is 14.4 Å². The maximum atomic E-state index is 13.5. The zero-order chi connectivity index (χ0) is 22.8. The van der Waals surface area contributed by atoms with E-state index in [2.05, 4.69) is 15.3 Å². The van der Waals surface area contributed by atoms with Crippen LogP contribution in [-0.4, -0.2) is 20.3 Å². The van der Waals surface area contributed by atoms with Gasteiger partial charge in [0.05, 0.1) is 11.2 Å². The fourth-order valence-electron chi connectivity index (χ4n) is 3.42. The number of nitrogens with zero attached hydrogens (tertiary/aromatic N) is 3. The van der Waals surface area contributed by atoms with Crippen LogP contribution in [0.4, 0.5) is 10.2 Å². The monoisotopic (exact) mass is 458 g/mol. The first-order valence-electron chi connectivity index (χ1n) is 10.2. The largest absolute Gasteiger partial charge is 0.487 e. The highest BCUT2D eigenvalue weighted by Gasteiger charge is 2.18. The van der Waals surface area contributed by atoms with E-state index in [-0.39, 0.29) is 11.7 Å². The van der Waals surface area contributed by atoms with Crippen molar-refractivity contribution in [2.45, 2.75) is 13.5 Å². The van der Waals surface area contributed by atoms with Gasteiger partial charge in [0.15, 0.2) is 0 Å². The van der Waals surface area contributed by atoms with Crippen LogP contribution in [0.15, 0.2) is 77.8 Å². The van der Waals surface area contributed by atoms with Crippen molar-refractivity contribution in [3.8, 4) is 17.0 Å². The number of imidazole rings is 1. The summed E-state index contributed by atoms with van der Waals surface area (Å²) in [5.41, 5.74) is 6.10. The lowest BCUT2D eigenvalue weighted by Crippen LogP contribution is -2.14. The maximum Gasteiger partial charge on any atom is 0.256 e. The van der Waals surface area contributed by atoms with E-state index in [1.807, 2.05) is 35.0 Å². The van der Waals surface area contributed by atoms with Crippen LogP contribution in [0.5, 0.6) is 5.75 Å². The molecule has 0 bridgehead atoms. The zero-order valence-electron chi connectivity index (χ0n) is 17.7. The molecule has 0 saturated heterocycles. The minimum absolute atomic E-state index is 0.285. The van der Waals surface area contributed by atoms with E-state index >= 15 is 0 Å². The number of benzene rings is 2. The lowest BCUT2D eigenvalue weighted by molar-refractivity contribution is 0.102. The lowest BCUT2D eigenvalue weighted by Gasteiger charge is -2.09. The maximum absolute atomic E-state index is 13.5. The molecule has 8 heteroatoms. The van der Waals surface area contributed by atoms with Gasteiger partial charge in [0.2, 0.25) is 0 Å². The van der Waals surface area contributed by atoms with Crippen LogP contribution in [-0.2, 0) is 6.61 Å². The molecule has 0 aliphatic heterocycles. The number of anilines is 1. The molecule has 0 aliphatic rings. The number of carbonyl (C=O) groups excluding carboxylic acids is 1. The Balaban J connectivity index is 1.41. The molecule has 6 nitrogen and oxygen atoms in total. The van der Waals surface area contributed by atoms with Crippen molar-refractivity contribution in [2.24, 2.45) is 0 Å². The lowest BCUT2D eigenvalue weighted by atomic mass is 10.1. The van der Waals surface area contributed by atoms with Crippen molar-refractivity contribution >= 4 is 28.7 Å². The number of amides is 1. The molecule has 0 saturated carbocycles. The second-order valence-electron chi connectivity index (χ2n) is 7.50. The molecule has 164 valence electrons. The number of thiazole rings is 1. The number of rotatable bonds is 6. The number of aromatic nitrogens is 3. The van der Waals surface area contributed by atoms with Gasteiger partial charge in [-0.05, 0) is 73.2 Å². The summed E-state index contributed by atoms with van der Waals surface area (Å²) in [6.07, 6.45) is 1.86. The Labute approximate surface area is 193 Å². The number of nitrogens with one attached hydrogen (secondary N) is 1. The Hall–Kier alpha value is -4.04. The molecular formula is C25H19FN4O2S. The standard InChI is InChI=1S/C25H19FN4O2S/c1-16-10-11-30-22(12-16)28-23(17-2-6-19(26)7-3-17)24(30)29-25(31)18-4-8-21(9-5-18)32-13-20-14-33-15-27-20/h2-12,14-15H,13H2,1H3,(H,29,31). The van der Waals surface area contributed by atoms with E-state index in [0.29, 0.717) is 40.6 Å². The molecule has 33 heavy (non-hydrogen) atoms. The molecule has 0 spiro atoms. The first-order chi connectivity index (χ1) is 16.1. The normalized spacial score (nSPS) is 11.0. The van der Waals surface area contributed by atoms with Gasteiger partial charge >= 0.3 is 0 Å². The van der Waals surface area contributed by atoms with E-state index < -0.39 is 0 Å². The predicted octanol–water partition coefficient (Wildman–Crippen LogP) is 5.74. The summed E-state index contributed by atoms with van der Waals surface area (Å²) in [5, 5.41) is 4.90. The van der Waals surface area contributed by atoms with Crippen LogP contribution in [0.3, 0.4) is 0 Å². The Bertz CT molecular complexity index is 1410. The molecule has 5 rings (SSSR count). The van der Waals surface area contributed by atoms with Crippen LogP contribution in [0.2, 0.25) is 0 Å². The molecule has 2 aromatic carbocycles. The Morgan fingerprint density at radius 1 is 1.12 bits per heavy atom. The SMILES string of the molecule is Cc1ccn2c(NC(=O)c3ccc(OCc4cscn4)cc3)c(-c3ccc(F)cc3)nc2c1. The zero-order valence-corrected chi connectivity index (χ0v) is 18.5. The van der Waals surface area contributed by atoms with E-state index in [4.69, 9.17) is 4.74 Å². The van der Waals surface area contributed by atoms with Crippen LogP contribution < -0.4 is 10.1 Å². The van der Waals surface area contributed by atoms with E-state index in [0.717, 1.165) is 11.3 Å². The second-order valence-corrected chi connectivity index (χ2v) is 8.21. The van der Waals surface area contributed by atoms with Gasteiger partial charge in [-0.2, -0.15) is 0 Å². The van der Waals surface area contributed by atoms with Crippen molar-refractivity contribution in [3.05, 3.63) is 100 Å². The minimum Gasteiger partial charge on any atom is -0.487 e. The third kappa shape index (κ3) is 4.47. The highest BCUT2D eigenvalue weighted by molar-refractivity contribution is 7.07. The van der Waals surface area contributed by atoms with Gasteiger partial charge in [0.25, 0.3) is 5.91 Å². The average molecular weight is 459 g/mol. The molecule has 1 N–H and O–H groups in total. The Morgan fingerprint density at radius 2 is 1.91 bits per heavy atom. The number of carbonyl (C=O) groups is 1. The highest BCUT2D eigenvalue weighted by Crippen LogP contribution is 2.30. The van der Waals surface area contributed by atoms with Gasteiger partial charge < -0.3 is 10.1 Å². The van der Waals surface area contributed by atoms with Crippen LogP contribution >= 0.6 is 11.3 Å². The molecule has 0 radical (unpaired) electrons. The van der Waals surface area contributed by atoms with Crippen LogP contribution in [0.1, 0.15) is 21.6 Å².